The van der Waals surface area contributed by atoms with Gasteiger partial charge in [0, 0.05) is 0 Å². The molecule has 2 rings (SSSR count). The monoisotopic (exact) mass is 122 g/mol. The minimum Gasteiger partial charge on any atom is -0.0811 e. The molecule has 0 aliphatic heterocycles. The van der Waals surface area contributed by atoms with E-state index in [0.717, 1.165) is 0 Å². The molecule has 1 saturated carbocycles. The lowest BCUT2D eigenvalue weighted by Gasteiger charge is -2.44. The predicted octanol–water partition coefficient (Wildman–Crippen LogP) is 2.75. The van der Waals surface area contributed by atoms with Crippen LogP contribution in [0.2, 0.25) is 0 Å². The SMILES string of the molecule is C[C@@]12C=C[C@]1(C)CCC2. The van der Waals surface area contributed by atoms with Crippen LogP contribution in [0.4, 0.5) is 0 Å². The number of hydrogen-bond donors (Lipinski definition) is 0. The van der Waals surface area contributed by atoms with Crippen molar-refractivity contribution in [2.45, 2.75) is 33.1 Å². The zero-order valence-electron chi connectivity index (χ0n) is 6.28. The number of hydrogen-bond acceptors (Lipinski definition) is 0. The fourth-order valence-electron chi connectivity index (χ4n) is 2.21. The Morgan fingerprint density at radius 2 is 1.44 bits per heavy atom. The van der Waals surface area contributed by atoms with Gasteiger partial charge in [-0.3, -0.25) is 0 Å². The first kappa shape index (κ1) is 5.52. The highest BCUT2D eigenvalue weighted by molar-refractivity contribution is 5.26. The molecule has 0 aromatic carbocycles. The van der Waals surface area contributed by atoms with E-state index in [1.54, 1.807) is 0 Å². The molecule has 2 aliphatic carbocycles. The van der Waals surface area contributed by atoms with Gasteiger partial charge in [-0.25, -0.2) is 0 Å². The zero-order valence-corrected chi connectivity index (χ0v) is 6.28. The number of fused-ring (bicyclic) bond motifs is 1. The van der Waals surface area contributed by atoms with Gasteiger partial charge in [-0.2, -0.15) is 0 Å². The maximum absolute atomic E-state index is 2.39. The van der Waals surface area contributed by atoms with Crippen LogP contribution in [0, 0.1) is 10.8 Å². The molecule has 0 spiro atoms. The molecule has 0 heteroatoms. The van der Waals surface area contributed by atoms with E-state index in [1.165, 1.54) is 19.3 Å². The Bertz CT molecular complexity index is 151. The van der Waals surface area contributed by atoms with E-state index in [1.807, 2.05) is 0 Å². The molecular formula is C9H14. The number of rotatable bonds is 0. The summed E-state index contributed by atoms with van der Waals surface area (Å²) in [6.07, 6.45) is 9.04. The molecule has 2 aliphatic rings. The zero-order chi connectivity index (χ0) is 6.54. The summed E-state index contributed by atoms with van der Waals surface area (Å²) in [6.45, 7) is 4.78. The Balaban J connectivity index is 2.38. The summed E-state index contributed by atoms with van der Waals surface area (Å²) in [5.41, 5.74) is 1.18. The van der Waals surface area contributed by atoms with Crippen molar-refractivity contribution < 1.29 is 0 Å². The van der Waals surface area contributed by atoms with Gasteiger partial charge in [-0.15, -0.1) is 0 Å². The molecule has 0 N–H and O–H groups in total. The highest BCUT2D eigenvalue weighted by Gasteiger charge is 2.50. The van der Waals surface area contributed by atoms with E-state index in [4.69, 9.17) is 0 Å². The third-order valence-corrected chi connectivity index (χ3v) is 3.52. The van der Waals surface area contributed by atoms with Gasteiger partial charge in [-0.05, 0) is 23.7 Å². The van der Waals surface area contributed by atoms with E-state index >= 15 is 0 Å². The predicted molar refractivity (Wildman–Crippen MR) is 39.2 cm³/mol. The van der Waals surface area contributed by atoms with Crippen LogP contribution in [0.5, 0.6) is 0 Å². The molecule has 0 amide bonds. The maximum Gasteiger partial charge on any atom is -0.00580 e. The smallest absolute Gasteiger partial charge is 0.00580 e. The molecule has 1 fully saturated rings. The molecule has 0 aromatic rings. The van der Waals surface area contributed by atoms with E-state index in [9.17, 15) is 0 Å². The van der Waals surface area contributed by atoms with Crippen LogP contribution in [0.1, 0.15) is 33.1 Å². The highest BCUT2D eigenvalue weighted by Crippen LogP contribution is 2.60. The standard InChI is InChI=1S/C9H14/c1-8-4-3-5-9(8,2)7-6-8/h6-7H,3-5H2,1-2H3/t8-,9+. The second-order valence-electron chi connectivity index (χ2n) is 4.02. The van der Waals surface area contributed by atoms with Crippen molar-refractivity contribution in [1.82, 2.24) is 0 Å². The van der Waals surface area contributed by atoms with E-state index < -0.39 is 0 Å². The van der Waals surface area contributed by atoms with Gasteiger partial charge in [-0.1, -0.05) is 32.4 Å². The van der Waals surface area contributed by atoms with Crippen molar-refractivity contribution in [3.05, 3.63) is 12.2 Å². The summed E-state index contributed by atoms with van der Waals surface area (Å²) in [5.74, 6) is 0. The summed E-state index contributed by atoms with van der Waals surface area (Å²) in [6, 6.07) is 0. The molecule has 0 heterocycles. The van der Waals surface area contributed by atoms with Crippen LogP contribution >= 0.6 is 0 Å². The van der Waals surface area contributed by atoms with Crippen LogP contribution in [0.25, 0.3) is 0 Å². The first-order valence-electron chi connectivity index (χ1n) is 3.87. The molecule has 0 bridgehead atoms. The fourth-order valence-corrected chi connectivity index (χ4v) is 2.21. The van der Waals surface area contributed by atoms with Gasteiger partial charge in [0.15, 0.2) is 0 Å². The third kappa shape index (κ3) is 0.452. The lowest BCUT2D eigenvalue weighted by molar-refractivity contribution is 0.189. The second kappa shape index (κ2) is 1.25. The van der Waals surface area contributed by atoms with Crippen molar-refractivity contribution in [3.8, 4) is 0 Å². The lowest BCUT2D eigenvalue weighted by atomic mass is 9.60. The Hall–Kier alpha value is -0.260. The minimum atomic E-state index is 0.590. The maximum atomic E-state index is 2.39. The minimum absolute atomic E-state index is 0.590. The van der Waals surface area contributed by atoms with E-state index in [-0.39, 0.29) is 0 Å². The Morgan fingerprint density at radius 3 is 1.67 bits per heavy atom. The van der Waals surface area contributed by atoms with Gasteiger partial charge in [0.1, 0.15) is 0 Å². The van der Waals surface area contributed by atoms with E-state index in [0.29, 0.717) is 10.8 Å². The molecule has 0 radical (unpaired) electrons. The average Bonchev–Trinajstić information content (AvgIpc) is 1.98. The largest absolute Gasteiger partial charge is 0.0811 e. The molecule has 0 nitrogen and oxygen atoms in total. The first-order valence-corrected chi connectivity index (χ1v) is 3.87. The summed E-state index contributed by atoms with van der Waals surface area (Å²) in [5, 5.41) is 0. The quantitative estimate of drug-likeness (QED) is 0.433. The van der Waals surface area contributed by atoms with Crippen LogP contribution in [0.3, 0.4) is 0 Å². The molecule has 9 heavy (non-hydrogen) atoms. The van der Waals surface area contributed by atoms with Crippen LogP contribution < -0.4 is 0 Å². The van der Waals surface area contributed by atoms with Crippen molar-refractivity contribution in [2.24, 2.45) is 10.8 Å². The summed E-state index contributed by atoms with van der Waals surface area (Å²) in [7, 11) is 0. The van der Waals surface area contributed by atoms with Gasteiger partial charge >= 0.3 is 0 Å². The van der Waals surface area contributed by atoms with Crippen LogP contribution in [-0.4, -0.2) is 0 Å². The summed E-state index contributed by atoms with van der Waals surface area (Å²) >= 11 is 0. The van der Waals surface area contributed by atoms with Gasteiger partial charge in [0.25, 0.3) is 0 Å². The number of allylic oxidation sites excluding steroid dienone is 2. The van der Waals surface area contributed by atoms with Crippen molar-refractivity contribution >= 4 is 0 Å². The van der Waals surface area contributed by atoms with Gasteiger partial charge in [0.05, 0.1) is 0 Å². The molecule has 0 unspecified atom stereocenters. The Labute approximate surface area is 57.0 Å². The Kier molecular flexibility index (Phi) is 0.769. The van der Waals surface area contributed by atoms with Gasteiger partial charge < -0.3 is 0 Å². The fraction of sp³-hybridized carbons (Fsp3) is 0.778. The van der Waals surface area contributed by atoms with Crippen molar-refractivity contribution in [2.75, 3.05) is 0 Å². The topological polar surface area (TPSA) is 0 Å². The molecule has 0 saturated heterocycles. The molecule has 0 aromatic heterocycles. The Morgan fingerprint density at radius 1 is 1.00 bits per heavy atom. The summed E-state index contributed by atoms with van der Waals surface area (Å²) < 4.78 is 0. The lowest BCUT2D eigenvalue weighted by Crippen LogP contribution is -2.35. The normalized spacial score (nSPS) is 54.9. The first-order chi connectivity index (χ1) is 4.16. The molecular weight excluding hydrogens is 108 g/mol. The van der Waals surface area contributed by atoms with Crippen molar-refractivity contribution in [3.63, 3.8) is 0 Å². The van der Waals surface area contributed by atoms with Crippen LogP contribution in [-0.2, 0) is 0 Å². The molecule has 50 valence electrons. The summed E-state index contributed by atoms with van der Waals surface area (Å²) in [4.78, 5) is 0. The van der Waals surface area contributed by atoms with E-state index in [2.05, 4.69) is 26.0 Å². The molecule has 2 atom stereocenters. The average molecular weight is 122 g/mol. The van der Waals surface area contributed by atoms with Gasteiger partial charge in [0.2, 0.25) is 0 Å². The third-order valence-electron chi connectivity index (χ3n) is 3.52. The van der Waals surface area contributed by atoms with Crippen LogP contribution in [0.15, 0.2) is 12.2 Å². The highest BCUT2D eigenvalue weighted by atomic mass is 14.5. The second-order valence-corrected chi connectivity index (χ2v) is 4.02. The van der Waals surface area contributed by atoms with Crippen molar-refractivity contribution in [1.29, 1.82) is 0 Å².